The van der Waals surface area contributed by atoms with E-state index in [0.717, 1.165) is 83.5 Å². The maximum Gasteiger partial charge on any atom is 0.472 e. The van der Waals surface area contributed by atoms with Gasteiger partial charge >= 0.3 is 19.8 Å². The quantitative estimate of drug-likeness (QED) is 0.0265. The van der Waals surface area contributed by atoms with E-state index in [9.17, 15) is 19.0 Å². The lowest BCUT2D eigenvalue weighted by atomic mass is 10.0. The first-order chi connectivity index (χ1) is 31.3. The van der Waals surface area contributed by atoms with Gasteiger partial charge in [0.25, 0.3) is 0 Å². The molecule has 2 atom stereocenters. The standard InChI is InChI=1S/C54H94NO8P/c1-3-5-7-9-11-13-14-15-16-17-18-19-20-21-22-23-24-25-26-27-28-29-30-31-32-33-34-35-36-37-38-39-41-43-45-47-54(57)63-52(51-62-64(58,59)61-49-48-55)50-60-53(56)46-44-42-40-12-10-8-6-4-2/h5,7,11,13,15-16,18-19,21-22,24-25,27-28,52H,3-4,6,8-10,12,14,17,20,23,26,29-51,55H2,1-2H3,(H,58,59)/b7-5-,13-11-,16-15-,19-18-,22-21-,25-24-,28-27-. The van der Waals surface area contributed by atoms with Crippen LogP contribution in [0, 0.1) is 0 Å². The molecule has 64 heavy (non-hydrogen) atoms. The van der Waals surface area contributed by atoms with Gasteiger partial charge in [-0.1, -0.05) is 214 Å². The van der Waals surface area contributed by atoms with E-state index >= 15 is 0 Å². The second-order valence-corrected chi connectivity index (χ2v) is 18.1. The zero-order valence-electron chi connectivity index (χ0n) is 40.7. The van der Waals surface area contributed by atoms with Gasteiger partial charge in [-0.25, -0.2) is 4.57 Å². The Labute approximate surface area is 392 Å². The molecule has 0 saturated carbocycles. The number of rotatable bonds is 47. The fourth-order valence-corrected chi connectivity index (χ4v) is 7.56. The molecule has 0 aromatic rings. The fraction of sp³-hybridized carbons (Fsp3) is 0.704. The van der Waals surface area contributed by atoms with Crippen molar-refractivity contribution in [2.75, 3.05) is 26.4 Å². The first-order valence-electron chi connectivity index (χ1n) is 25.6. The van der Waals surface area contributed by atoms with E-state index in [-0.39, 0.29) is 38.6 Å². The Kier molecular flexibility index (Phi) is 47.4. The average molecular weight is 916 g/mol. The molecule has 0 aliphatic rings. The molecule has 0 aliphatic carbocycles. The molecule has 10 heteroatoms. The SMILES string of the molecule is CC/C=C\C/C=C\C/C=C\C/C=C\C/C=C\C/C=C\C/C=C\CCCCCCCCCCCCCCCC(=O)OC(COC(=O)CCCCCCCCCC)COP(=O)(O)OCCN. The van der Waals surface area contributed by atoms with Gasteiger partial charge in [-0.15, -0.1) is 0 Å². The van der Waals surface area contributed by atoms with E-state index in [1.165, 1.54) is 96.3 Å². The fourth-order valence-electron chi connectivity index (χ4n) is 6.79. The third kappa shape index (κ3) is 48.6. The lowest BCUT2D eigenvalue weighted by molar-refractivity contribution is -0.161. The summed E-state index contributed by atoms with van der Waals surface area (Å²) in [5, 5.41) is 0. The second-order valence-electron chi connectivity index (χ2n) is 16.7. The molecule has 3 N–H and O–H groups in total. The predicted octanol–water partition coefficient (Wildman–Crippen LogP) is 15.6. The van der Waals surface area contributed by atoms with Crippen molar-refractivity contribution < 1.29 is 37.6 Å². The molecule has 0 aromatic heterocycles. The minimum atomic E-state index is -4.38. The Morgan fingerprint density at radius 1 is 0.484 bits per heavy atom. The lowest BCUT2D eigenvalue weighted by Gasteiger charge is -2.19. The highest BCUT2D eigenvalue weighted by atomic mass is 31.2. The van der Waals surface area contributed by atoms with Gasteiger partial charge in [0.05, 0.1) is 13.2 Å². The summed E-state index contributed by atoms with van der Waals surface area (Å²) >= 11 is 0. The van der Waals surface area contributed by atoms with Crippen molar-refractivity contribution in [3.8, 4) is 0 Å². The van der Waals surface area contributed by atoms with Crippen LogP contribution < -0.4 is 5.73 Å². The molecular weight excluding hydrogens is 822 g/mol. The molecule has 2 unspecified atom stereocenters. The summed E-state index contributed by atoms with van der Waals surface area (Å²) in [6.07, 6.45) is 63.7. The van der Waals surface area contributed by atoms with Crippen LogP contribution in [-0.4, -0.2) is 49.3 Å². The summed E-state index contributed by atoms with van der Waals surface area (Å²) in [5.41, 5.74) is 5.35. The van der Waals surface area contributed by atoms with E-state index in [0.29, 0.717) is 6.42 Å². The largest absolute Gasteiger partial charge is 0.472 e. The van der Waals surface area contributed by atoms with Crippen molar-refractivity contribution >= 4 is 19.8 Å². The first-order valence-corrected chi connectivity index (χ1v) is 27.1. The molecule has 0 rings (SSSR count). The number of carbonyl (C=O) groups excluding carboxylic acids is 2. The molecule has 368 valence electrons. The van der Waals surface area contributed by atoms with Crippen LogP contribution in [0.1, 0.15) is 213 Å². The second kappa shape index (κ2) is 49.6. The topological polar surface area (TPSA) is 134 Å². The van der Waals surface area contributed by atoms with Gasteiger partial charge in [-0.3, -0.25) is 18.6 Å². The lowest BCUT2D eigenvalue weighted by Crippen LogP contribution is -2.29. The van der Waals surface area contributed by atoms with Crippen molar-refractivity contribution in [3.05, 3.63) is 85.1 Å². The number of ether oxygens (including phenoxy) is 2. The molecule has 0 saturated heterocycles. The van der Waals surface area contributed by atoms with Gasteiger partial charge in [0.1, 0.15) is 6.61 Å². The van der Waals surface area contributed by atoms with Crippen LogP contribution in [0.3, 0.4) is 0 Å². The van der Waals surface area contributed by atoms with Crippen molar-refractivity contribution in [3.63, 3.8) is 0 Å². The molecule has 0 spiro atoms. The van der Waals surface area contributed by atoms with Crippen LogP contribution >= 0.6 is 7.82 Å². The monoisotopic (exact) mass is 916 g/mol. The highest BCUT2D eigenvalue weighted by molar-refractivity contribution is 7.47. The molecule has 0 radical (unpaired) electrons. The summed E-state index contributed by atoms with van der Waals surface area (Å²) in [6.45, 7) is 3.58. The zero-order valence-corrected chi connectivity index (χ0v) is 41.6. The third-order valence-electron chi connectivity index (χ3n) is 10.5. The van der Waals surface area contributed by atoms with Gasteiger partial charge in [-0.05, 0) is 70.6 Å². The Morgan fingerprint density at radius 2 is 0.859 bits per heavy atom. The Hall–Kier alpha value is -2.81. The van der Waals surface area contributed by atoms with Crippen molar-refractivity contribution in [1.29, 1.82) is 0 Å². The zero-order chi connectivity index (χ0) is 46.7. The predicted molar refractivity (Wildman–Crippen MR) is 270 cm³/mol. The van der Waals surface area contributed by atoms with Crippen LogP contribution in [0.2, 0.25) is 0 Å². The first kappa shape index (κ1) is 61.2. The number of nitrogens with two attached hydrogens (primary N) is 1. The van der Waals surface area contributed by atoms with Gasteiger partial charge in [0, 0.05) is 19.4 Å². The van der Waals surface area contributed by atoms with Crippen molar-refractivity contribution in [2.24, 2.45) is 5.73 Å². The number of esters is 2. The molecule has 0 aromatic carbocycles. The van der Waals surface area contributed by atoms with Crippen LogP contribution in [-0.2, 0) is 32.7 Å². The Bertz CT molecular complexity index is 1320. The molecule has 0 heterocycles. The van der Waals surface area contributed by atoms with Gasteiger partial charge in [-0.2, -0.15) is 0 Å². The van der Waals surface area contributed by atoms with E-state index in [1.54, 1.807) is 0 Å². The van der Waals surface area contributed by atoms with E-state index in [1.807, 2.05) is 0 Å². The summed E-state index contributed by atoms with van der Waals surface area (Å²) in [5.74, 6) is -0.835. The molecule has 0 aliphatic heterocycles. The molecule has 0 fully saturated rings. The van der Waals surface area contributed by atoms with Gasteiger partial charge in [0.2, 0.25) is 0 Å². The number of hydrogen-bond donors (Lipinski definition) is 2. The number of carbonyl (C=O) groups is 2. The number of allylic oxidation sites excluding steroid dienone is 14. The number of phosphoric ester groups is 1. The van der Waals surface area contributed by atoms with Crippen LogP contribution in [0.5, 0.6) is 0 Å². The minimum absolute atomic E-state index is 0.0515. The number of unbranched alkanes of at least 4 members (excludes halogenated alkanes) is 20. The smallest absolute Gasteiger partial charge is 0.462 e. The highest BCUT2D eigenvalue weighted by Crippen LogP contribution is 2.43. The summed E-state index contributed by atoms with van der Waals surface area (Å²) in [4.78, 5) is 34.8. The van der Waals surface area contributed by atoms with Gasteiger partial charge in [0.15, 0.2) is 6.10 Å². The summed E-state index contributed by atoms with van der Waals surface area (Å²) in [7, 11) is -4.38. The minimum Gasteiger partial charge on any atom is -0.462 e. The van der Waals surface area contributed by atoms with E-state index in [4.69, 9.17) is 24.3 Å². The van der Waals surface area contributed by atoms with E-state index in [2.05, 4.69) is 98.9 Å². The molecular formula is C54H94NO8P. The normalized spacial score (nSPS) is 13.9. The maximum atomic E-state index is 12.6. The highest BCUT2D eigenvalue weighted by Gasteiger charge is 2.26. The molecule has 0 amide bonds. The third-order valence-corrected chi connectivity index (χ3v) is 11.5. The average Bonchev–Trinajstić information content (AvgIpc) is 3.28. The number of phosphoric acid groups is 1. The molecule has 9 nitrogen and oxygen atoms in total. The Balaban J connectivity index is 3.87. The van der Waals surface area contributed by atoms with Crippen LogP contribution in [0.15, 0.2) is 85.1 Å². The number of hydrogen-bond acceptors (Lipinski definition) is 8. The van der Waals surface area contributed by atoms with Crippen LogP contribution in [0.25, 0.3) is 0 Å². The summed E-state index contributed by atoms with van der Waals surface area (Å²) < 4.78 is 32.7. The Morgan fingerprint density at radius 3 is 1.28 bits per heavy atom. The maximum absolute atomic E-state index is 12.6. The van der Waals surface area contributed by atoms with Crippen molar-refractivity contribution in [2.45, 2.75) is 219 Å². The van der Waals surface area contributed by atoms with E-state index < -0.39 is 26.5 Å². The summed E-state index contributed by atoms with van der Waals surface area (Å²) in [6, 6.07) is 0. The molecule has 0 bridgehead atoms. The van der Waals surface area contributed by atoms with Crippen molar-refractivity contribution in [1.82, 2.24) is 0 Å². The van der Waals surface area contributed by atoms with Gasteiger partial charge < -0.3 is 20.1 Å². The van der Waals surface area contributed by atoms with Crippen LogP contribution in [0.4, 0.5) is 0 Å².